The zero-order valence-corrected chi connectivity index (χ0v) is 11.2. The second kappa shape index (κ2) is 5.22. The summed E-state index contributed by atoms with van der Waals surface area (Å²) in [4.78, 5) is 0. The Bertz CT molecular complexity index is 348. The summed E-state index contributed by atoms with van der Waals surface area (Å²) in [7, 11) is 0. The molecule has 1 fully saturated rings. The Hall–Kier alpha value is -0.820. The maximum absolute atomic E-state index is 10.3. The molecule has 1 N–H and O–H groups in total. The topological polar surface area (TPSA) is 20.2 Å². The third-order valence-corrected chi connectivity index (χ3v) is 3.83. The number of aliphatic hydroxyl groups excluding tert-OH is 1. The number of benzene rings is 1. The Balaban J connectivity index is 2.01. The van der Waals surface area contributed by atoms with Crippen LogP contribution in [-0.4, -0.2) is 5.11 Å². The molecule has 0 heterocycles. The summed E-state index contributed by atoms with van der Waals surface area (Å²) in [6, 6.07) is 8.53. The lowest BCUT2D eigenvalue weighted by Gasteiger charge is -2.19. The molecule has 1 aromatic carbocycles. The van der Waals surface area contributed by atoms with Crippen molar-refractivity contribution >= 4 is 0 Å². The number of rotatable bonds is 5. The van der Waals surface area contributed by atoms with E-state index in [-0.39, 0.29) is 6.10 Å². The van der Waals surface area contributed by atoms with Gasteiger partial charge in [0.2, 0.25) is 0 Å². The van der Waals surface area contributed by atoms with Crippen LogP contribution in [0.5, 0.6) is 0 Å². The van der Waals surface area contributed by atoms with Gasteiger partial charge < -0.3 is 5.11 Å². The van der Waals surface area contributed by atoms with Crippen molar-refractivity contribution in [3.8, 4) is 0 Å². The summed E-state index contributed by atoms with van der Waals surface area (Å²) >= 11 is 0. The quantitative estimate of drug-likeness (QED) is 0.814. The van der Waals surface area contributed by atoms with E-state index in [1.807, 2.05) is 0 Å². The van der Waals surface area contributed by atoms with E-state index in [1.54, 1.807) is 0 Å². The molecule has 1 aliphatic carbocycles. The van der Waals surface area contributed by atoms with Crippen LogP contribution in [0, 0.1) is 17.8 Å². The predicted molar refractivity (Wildman–Crippen MR) is 71.8 cm³/mol. The zero-order chi connectivity index (χ0) is 12.4. The van der Waals surface area contributed by atoms with Gasteiger partial charge in [-0.3, -0.25) is 0 Å². The minimum atomic E-state index is -0.282. The van der Waals surface area contributed by atoms with Gasteiger partial charge >= 0.3 is 0 Å². The fourth-order valence-electron chi connectivity index (χ4n) is 2.51. The fourth-order valence-corrected chi connectivity index (χ4v) is 2.51. The normalized spacial score (nSPS) is 19.4. The summed E-state index contributed by atoms with van der Waals surface area (Å²) < 4.78 is 0. The first-order valence-corrected chi connectivity index (χ1v) is 6.85. The van der Waals surface area contributed by atoms with Crippen LogP contribution in [0.3, 0.4) is 0 Å². The van der Waals surface area contributed by atoms with E-state index in [9.17, 15) is 5.11 Å². The third kappa shape index (κ3) is 3.32. The highest BCUT2D eigenvalue weighted by molar-refractivity contribution is 5.25. The number of aliphatic hydroxyl groups is 1. The second-order valence-corrected chi connectivity index (χ2v) is 5.98. The fraction of sp³-hybridized carbons (Fsp3) is 0.625. The van der Waals surface area contributed by atoms with Crippen LogP contribution >= 0.6 is 0 Å². The summed E-state index contributed by atoms with van der Waals surface area (Å²) in [5, 5.41) is 10.3. The molecule has 2 atom stereocenters. The third-order valence-electron chi connectivity index (χ3n) is 3.83. The molecule has 0 bridgehead atoms. The van der Waals surface area contributed by atoms with Crippen molar-refractivity contribution in [2.24, 2.45) is 17.8 Å². The van der Waals surface area contributed by atoms with Gasteiger partial charge in [-0.1, -0.05) is 45.0 Å². The first kappa shape index (κ1) is 12.6. The maximum atomic E-state index is 10.3. The SMILES string of the molecule is CC(C)Cc1ccc(C(O)C(C)C2CC2)cc1. The Kier molecular flexibility index (Phi) is 3.88. The minimum Gasteiger partial charge on any atom is -0.388 e. The molecule has 1 heteroatoms. The largest absolute Gasteiger partial charge is 0.388 e. The van der Waals surface area contributed by atoms with Crippen molar-refractivity contribution in [3.05, 3.63) is 35.4 Å². The predicted octanol–water partition coefficient (Wildman–Crippen LogP) is 3.96. The van der Waals surface area contributed by atoms with E-state index < -0.39 is 0 Å². The first-order valence-electron chi connectivity index (χ1n) is 6.85. The Morgan fingerprint density at radius 2 is 1.71 bits per heavy atom. The Morgan fingerprint density at radius 1 is 1.12 bits per heavy atom. The van der Waals surface area contributed by atoms with E-state index in [0.29, 0.717) is 11.8 Å². The molecular formula is C16H24O. The van der Waals surface area contributed by atoms with Gasteiger partial charge in [-0.2, -0.15) is 0 Å². The maximum Gasteiger partial charge on any atom is 0.0818 e. The van der Waals surface area contributed by atoms with E-state index in [0.717, 1.165) is 17.9 Å². The van der Waals surface area contributed by atoms with Crippen molar-refractivity contribution in [1.82, 2.24) is 0 Å². The Labute approximate surface area is 105 Å². The van der Waals surface area contributed by atoms with Crippen molar-refractivity contribution in [1.29, 1.82) is 0 Å². The van der Waals surface area contributed by atoms with Crippen LogP contribution in [0.1, 0.15) is 50.8 Å². The van der Waals surface area contributed by atoms with Crippen LogP contribution in [-0.2, 0) is 6.42 Å². The standard InChI is InChI=1S/C16H24O/c1-11(2)10-13-4-6-15(7-5-13)16(17)12(3)14-8-9-14/h4-7,11-12,14,16-17H,8-10H2,1-3H3. The lowest BCUT2D eigenvalue weighted by molar-refractivity contribution is 0.106. The highest BCUT2D eigenvalue weighted by atomic mass is 16.3. The monoisotopic (exact) mass is 232 g/mol. The van der Waals surface area contributed by atoms with Gasteiger partial charge in [0.05, 0.1) is 6.10 Å². The minimum absolute atomic E-state index is 0.282. The molecule has 0 aromatic heterocycles. The molecule has 0 amide bonds. The number of hydrogen-bond donors (Lipinski definition) is 1. The molecule has 17 heavy (non-hydrogen) atoms. The van der Waals surface area contributed by atoms with Crippen molar-refractivity contribution in [3.63, 3.8) is 0 Å². The molecule has 0 radical (unpaired) electrons. The summed E-state index contributed by atoms with van der Waals surface area (Å²) in [6.45, 7) is 6.64. The molecule has 94 valence electrons. The van der Waals surface area contributed by atoms with E-state index in [4.69, 9.17) is 0 Å². The van der Waals surface area contributed by atoms with Crippen molar-refractivity contribution < 1.29 is 5.11 Å². The average Bonchev–Trinajstić information content (AvgIpc) is 3.11. The molecule has 1 saturated carbocycles. The Morgan fingerprint density at radius 3 is 2.18 bits per heavy atom. The molecule has 2 unspecified atom stereocenters. The van der Waals surface area contributed by atoms with Gasteiger partial charge in [0.25, 0.3) is 0 Å². The van der Waals surface area contributed by atoms with Crippen LogP contribution in [0.25, 0.3) is 0 Å². The van der Waals surface area contributed by atoms with Crippen LogP contribution < -0.4 is 0 Å². The zero-order valence-electron chi connectivity index (χ0n) is 11.2. The lowest BCUT2D eigenvalue weighted by atomic mass is 9.92. The highest BCUT2D eigenvalue weighted by Gasteiger charge is 2.32. The van der Waals surface area contributed by atoms with Gasteiger partial charge in [0.1, 0.15) is 0 Å². The average molecular weight is 232 g/mol. The molecule has 0 aliphatic heterocycles. The second-order valence-electron chi connectivity index (χ2n) is 5.98. The molecular weight excluding hydrogens is 208 g/mol. The van der Waals surface area contributed by atoms with Gasteiger partial charge in [-0.25, -0.2) is 0 Å². The summed E-state index contributed by atoms with van der Waals surface area (Å²) in [6.07, 6.45) is 3.43. The van der Waals surface area contributed by atoms with Crippen LogP contribution in [0.15, 0.2) is 24.3 Å². The molecule has 1 aliphatic rings. The summed E-state index contributed by atoms with van der Waals surface area (Å²) in [5.41, 5.74) is 2.45. The van der Waals surface area contributed by atoms with E-state index in [2.05, 4.69) is 45.0 Å². The van der Waals surface area contributed by atoms with Crippen LogP contribution in [0.2, 0.25) is 0 Å². The molecule has 0 saturated heterocycles. The van der Waals surface area contributed by atoms with Crippen LogP contribution in [0.4, 0.5) is 0 Å². The van der Waals surface area contributed by atoms with Gasteiger partial charge in [-0.05, 0) is 48.1 Å². The van der Waals surface area contributed by atoms with E-state index >= 15 is 0 Å². The van der Waals surface area contributed by atoms with Gasteiger partial charge in [-0.15, -0.1) is 0 Å². The lowest BCUT2D eigenvalue weighted by Crippen LogP contribution is -2.11. The van der Waals surface area contributed by atoms with Gasteiger partial charge in [0, 0.05) is 0 Å². The van der Waals surface area contributed by atoms with Crippen molar-refractivity contribution in [2.75, 3.05) is 0 Å². The molecule has 0 spiro atoms. The smallest absolute Gasteiger partial charge is 0.0818 e. The highest BCUT2D eigenvalue weighted by Crippen LogP contribution is 2.42. The molecule has 1 nitrogen and oxygen atoms in total. The first-order chi connectivity index (χ1) is 8.08. The van der Waals surface area contributed by atoms with Crippen molar-refractivity contribution in [2.45, 2.75) is 46.1 Å². The van der Waals surface area contributed by atoms with E-state index in [1.165, 1.54) is 18.4 Å². The molecule has 2 rings (SSSR count). The molecule has 1 aromatic rings. The van der Waals surface area contributed by atoms with Gasteiger partial charge in [0.15, 0.2) is 0 Å². The number of hydrogen-bond acceptors (Lipinski definition) is 1. The summed E-state index contributed by atoms with van der Waals surface area (Å²) in [5.74, 6) is 1.85.